The van der Waals surface area contributed by atoms with E-state index >= 15 is 0 Å². The molecule has 0 saturated carbocycles. The van der Waals surface area contributed by atoms with Crippen molar-refractivity contribution in [2.45, 2.75) is 6.54 Å². The number of benzene rings is 2. The van der Waals surface area contributed by atoms with Gasteiger partial charge in [-0.05, 0) is 72.8 Å². The van der Waals surface area contributed by atoms with Gasteiger partial charge >= 0.3 is 0 Å². The van der Waals surface area contributed by atoms with Crippen molar-refractivity contribution in [1.82, 2.24) is 9.97 Å². The second kappa shape index (κ2) is 9.04. The van der Waals surface area contributed by atoms with Gasteiger partial charge in [0.15, 0.2) is 0 Å². The third kappa shape index (κ3) is 5.22. The van der Waals surface area contributed by atoms with Crippen LogP contribution in [0.4, 0.5) is 10.1 Å². The monoisotopic (exact) mass is 414 g/mol. The van der Waals surface area contributed by atoms with E-state index in [0.717, 1.165) is 11.3 Å². The van der Waals surface area contributed by atoms with E-state index in [9.17, 15) is 9.18 Å². The zero-order valence-electron chi connectivity index (χ0n) is 16.5. The van der Waals surface area contributed by atoms with Crippen LogP contribution in [0.5, 0.6) is 11.5 Å². The molecular formula is C24H19FN4O2. The summed E-state index contributed by atoms with van der Waals surface area (Å²) in [5.41, 5.74) is 8.58. The van der Waals surface area contributed by atoms with Crippen LogP contribution in [-0.2, 0) is 6.54 Å². The molecule has 0 aliphatic rings. The fourth-order valence-corrected chi connectivity index (χ4v) is 2.93. The molecular weight excluding hydrogens is 395 g/mol. The Balaban J connectivity index is 1.55. The van der Waals surface area contributed by atoms with Crippen LogP contribution in [0.15, 0.2) is 85.1 Å². The largest absolute Gasteiger partial charge is 0.457 e. The number of carbonyl (C=O) groups excluding carboxylic acids is 1. The predicted octanol–water partition coefficient (Wildman–Crippen LogP) is 4.79. The van der Waals surface area contributed by atoms with Crippen molar-refractivity contribution in [3.05, 3.63) is 102 Å². The number of ether oxygens (including phenoxy) is 1. The fourth-order valence-electron chi connectivity index (χ4n) is 2.93. The van der Waals surface area contributed by atoms with E-state index in [2.05, 4.69) is 15.3 Å². The number of carbonyl (C=O) groups is 1. The molecule has 0 aliphatic heterocycles. The molecule has 2 aromatic heterocycles. The van der Waals surface area contributed by atoms with Crippen molar-refractivity contribution in [3.63, 3.8) is 0 Å². The summed E-state index contributed by atoms with van der Waals surface area (Å²) in [6.45, 7) is 0.493. The molecule has 4 rings (SSSR count). The van der Waals surface area contributed by atoms with E-state index in [0.29, 0.717) is 29.4 Å². The van der Waals surface area contributed by atoms with Gasteiger partial charge in [0.05, 0.1) is 17.9 Å². The fraction of sp³-hybridized carbons (Fsp3) is 0.0417. The summed E-state index contributed by atoms with van der Waals surface area (Å²) in [4.78, 5) is 20.4. The molecule has 4 aromatic rings. The summed E-state index contributed by atoms with van der Waals surface area (Å²) in [5, 5.41) is 3.25. The molecule has 0 spiro atoms. The Bertz CT molecular complexity index is 1180. The van der Waals surface area contributed by atoms with Crippen molar-refractivity contribution < 1.29 is 13.9 Å². The molecule has 0 fully saturated rings. The lowest BCUT2D eigenvalue weighted by atomic mass is 10.1. The Kier molecular flexibility index (Phi) is 5.84. The summed E-state index contributed by atoms with van der Waals surface area (Å²) in [7, 11) is 0. The van der Waals surface area contributed by atoms with Gasteiger partial charge in [-0.3, -0.25) is 9.78 Å². The Morgan fingerprint density at radius 2 is 1.68 bits per heavy atom. The number of nitrogens with zero attached hydrogens (tertiary/aromatic N) is 2. The number of pyridine rings is 2. The van der Waals surface area contributed by atoms with Gasteiger partial charge in [-0.2, -0.15) is 0 Å². The van der Waals surface area contributed by atoms with Gasteiger partial charge in [0.1, 0.15) is 23.0 Å². The van der Waals surface area contributed by atoms with Crippen molar-refractivity contribution in [1.29, 1.82) is 0 Å². The Hall–Kier alpha value is -4.26. The average molecular weight is 414 g/mol. The average Bonchev–Trinajstić information content (AvgIpc) is 2.80. The molecule has 0 radical (unpaired) electrons. The quantitative estimate of drug-likeness (QED) is 0.454. The number of halogens is 1. The van der Waals surface area contributed by atoms with Crippen molar-refractivity contribution >= 4 is 11.6 Å². The molecule has 6 nitrogen and oxygen atoms in total. The molecule has 0 atom stereocenters. The van der Waals surface area contributed by atoms with Crippen LogP contribution in [0, 0.1) is 5.82 Å². The first-order valence-corrected chi connectivity index (χ1v) is 9.56. The SMILES string of the molecule is NC(=O)c1cc(NCc2ccccn2)cc(-c2ccc(Oc3ccc(F)cc3)cc2)n1. The Morgan fingerprint density at radius 1 is 0.968 bits per heavy atom. The van der Waals surface area contributed by atoms with Crippen LogP contribution < -0.4 is 15.8 Å². The van der Waals surface area contributed by atoms with Gasteiger partial charge in [-0.25, -0.2) is 9.37 Å². The zero-order valence-corrected chi connectivity index (χ0v) is 16.5. The van der Waals surface area contributed by atoms with Crippen molar-refractivity contribution in [3.8, 4) is 22.8 Å². The number of hydrogen-bond acceptors (Lipinski definition) is 5. The van der Waals surface area contributed by atoms with E-state index in [4.69, 9.17) is 10.5 Å². The van der Waals surface area contributed by atoms with Gasteiger partial charge in [0.2, 0.25) is 0 Å². The number of aromatic nitrogens is 2. The molecule has 0 bridgehead atoms. The first-order chi connectivity index (χ1) is 15.1. The summed E-state index contributed by atoms with van der Waals surface area (Å²) in [6, 6.07) is 22.1. The van der Waals surface area contributed by atoms with Gasteiger partial charge in [-0.1, -0.05) is 6.07 Å². The minimum Gasteiger partial charge on any atom is -0.457 e. The van der Waals surface area contributed by atoms with E-state index < -0.39 is 5.91 Å². The summed E-state index contributed by atoms with van der Waals surface area (Å²) in [5.74, 6) is 0.188. The van der Waals surface area contributed by atoms with E-state index in [-0.39, 0.29) is 11.5 Å². The highest BCUT2D eigenvalue weighted by Gasteiger charge is 2.10. The van der Waals surface area contributed by atoms with Crippen LogP contribution in [0.25, 0.3) is 11.3 Å². The molecule has 31 heavy (non-hydrogen) atoms. The van der Waals surface area contributed by atoms with Crippen molar-refractivity contribution in [2.24, 2.45) is 5.73 Å². The zero-order chi connectivity index (χ0) is 21.6. The summed E-state index contributed by atoms with van der Waals surface area (Å²) >= 11 is 0. The lowest BCUT2D eigenvalue weighted by molar-refractivity contribution is 0.0995. The van der Waals surface area contributed by atoms with Crippen LogP contribution >= 0.6 is 0 Å². The summed E-state index contributed by atoms with van der Waals surface area (Å²) < 4.78 is 18.8. The van der Waals surface area contributed by atoms with E-state index in [1.54, 1.807) is 36.5 Å². The first-order valence-electron chi connectivity index (χ1n) is 9.56. The number of anilines is 1. The number of hydrogen-bond donors (Lipinski definition) is 2. The van der Waals surface area contributed by atoms with E-state index in [1.807, 2.05) is 36.4 Å². The number of primary amides is 1. The van der Waals surface area contributed by atoms with Crippen LogP contribution in [-0.4, -0.2) is 15.9 Å². The van der Waals surface area contributed by atoms with Gasteiger partial charge in [-0.15, -0.1) is 0 Å². The minimum absolute atomic E-state index is 0.160. The number of amides is 1. The minimum atomic E-state index is -0.612. The number of nitrogens with one attached hydrogen (secondary N) is 1. The van der Waals surface area contributed by atoms with Gasteiger partial charge in [0, 0.05) is 17.4 Å². The van der Waals surface area contributed by atoms with Crippen molar-refractivity contribution in [2.75, 3.05) is 5.32 Å². The topological polar surface area (TPSA) is 90.1 Å². The van der Waals surface area contributed by atoms with Crippen LogP contribution in [0.3, 0.4) is 0 Å². The molecule has 2 aromatic carbocycles. The normalized spacial score (nSPS) is 10.5. The molecule has 154 valence electrons. The molecule has 7 heteroatoms. The highest BCUT2D eigenvalue weighted by atomic mass is 19.1. The lowest BCUT2D eigenvalue weighted by Crippen LogP contribution is -2.14. The van der Waals surface area contributed by atoms with Gasteiger partial charge < -0.3 is 15.8 Å². The maximum Gasteiger partial charge on any atom is 0.267 e. The molecule has 2 heterocycles. The third-order valence-corrected chi connectivity index (χ3v) is 4.48. The highest BCUT2D eigenvalue weighted by molar-refractivity contribution is 5.92. The molecule has 0 aliphatic carbocycles. The maximum atomic E-state index is 13.0. The smallest absolute Gasteiger partial charge is 0.267 e. The molecule has 0 saturated heterocycles. The number of rotatable bonds is 7. The highest BCUT2D eigenvalue weighted by Crippen LogP contribution is 2.27. The lowest BCUT2D eigenvalue weighted by Gasteiger charge is -2.11. The molecule has 3 N–H and O–H groups in total. The van der Waals surface area contributed by atoms with Crippen LogP contribution in [0.1, 0.15) is 16.2 Å². The second-order valence-corrected chi connectivity index (χ2v) is 6.75. The first kappa shape index (κ1) is 20.0. The third-order valence-electron chi connectivity index (χ3n) is 4.48. The number of nitrogens with two attached hydrogens (primary N) is 1. The Morgan fingerprint density at radius 3 is 2.32 bits per heavy atom. The van der Waals surface area contributed by atoms with E-state index in [1.165, 1.54) is 12.1 Å². The molecule has 1 amide bonds. The predicted molar refractivity (Wildman–Crippen MR) is 116 cm³/mol. The Labute approximate surface area is 178 Å². The van der Waals surface area contributed by atoms with Crippen LogP contribution in [0.2, 0.25) is 0 Å². The van der Waals surface area contributed by atoms with Gasteiger partial charge in [0.25, 0.3) is 5.91 Å². The summed E-state index contributed by atoms with van der Waals surface area (Å²) in [6.07, 6.45) is 1.72. The molecule has 0 unspecified atom stereocenters. The second-order valence-electron chi connectivity index (χ2n) is 6.75. The standard InChI is InChI=1S/C24H19FN4O2/c25-17-6-10-21(11-7-17)31-20-8-4-16(5-9-20)22-13-19(14-23(29-22)24(26)30)28-15-18-3-1-2-12-27-18/h1-14H,15H2,(H2,26,30)(H,28,29). The maximum absolute atomic E-state index is 13.0.